The topological polar surface area (TPSA) is 8.17 Å². The van der Waals surface area contributed by atoms with Crippen LogP contribution in [-0.2, 0) is 0 Å². The Bertz CT molecular complexity index is 3250. The van der Waals surface area contributed by atoms with Gasteiger partial charge in [0.15, 0.2) is 0 Å². The molecule has 0 bridgehead atoms. The van der Waals surface area contributed by atoms with Gasteiger partial charge in [-0.15, -0.1) is 0 Å². The maximum Gasteiger partial charge on any atom is 0.0547 e. The Morgan fingerprint density at radius 2 is 0.845 bits per heavy atom. The van der Waals surface area contributed by atoms with Gasteiger partial charge >= 0.3 is 0 Å². The summed E-state index contributed by atoms with van der Waals surface area (Å²) in [5.74, 6) is 0. The van der Waals surface area contributed by atoms with E-state index in [2.05, 4.69) is 240 Å². The molecule has 0 N–H and O–H groups in total. The summed E-state index contributed by atoms with van der Waals surface area (Å²) in [5.41, 5.74) is 14.0. The molecule has 0 saturated heterocycles. The minimum absolute atomic E-state index is 1.08. The lowest BCUT2D eigenvalue weighted by molar-refractivity contribution is 1.17. The summed E-state index contributed by atoms with van der Waals surface area (Å²) >= 11 is 0. The molecular formula is C56H38N2. The molecule has 0 atom stereocenters. The van der Waals surface area contributed by atoms with Gasteiger partial charge in [0.2, 0.25) is 0 Å². The Balaban J connectivity index is 1.08. The van der Waals surface area contributed by atoms with Gasteiger partial charge in [-0.2, -0.15) is 0 Å². The quantitative estimate of drug-likeness (QED) is 0.158. The van der Waals surface area contributed by atoms with Crippen molar-refractivity contribution in [2.75, 3.05) is 4.90 Å². The van der Waals surface area contributed by atoms with E-state index in [1.807, 2.05) is 0 Å². The molecule has 0 fully saturated rings. The van der Waals surface area contributed by atoms with Gasteiger partial charge < -0.3 is 9.47 Å². The number of hydrogen-bond donors (Lipinski definition) is 0. The molecule has 1 heterocycles. The van der Waals surface area contributed by atoms with E-state index in [0.29, 0.717) is 0 Å². The number of benzene rings is 10. The summed E-state index contributed by atoms with van der Waals surface area (Å²) in [5, 5.41) is 7.54. The summed E-state index contributed by atoms with van der Waals surface area (Å²) in [6.45, 7) is 0. The van der Waals surface area contributed by atoms with E-state index in [-0.39, 0.29) is 0 Å². The van der Waals surface area contributed by atoms with Gasteiger partial charge in [0.25, 0.3) is 0 Å². The molecular weight excluding hydrogens is 701 g/mol. The fourth-order valence-electron chi connectivity index (χ4n) is 8.89. The number of rotatable bonds is 7. The molecule has 0 aliphatic rings. The van der Waals surface area contributed by atoms with E-state index in [4.69, 9.17) is 0 Å². The number of fused-ring (bicyclic) bond motifs is 6. The standard InChI is InChI=1S/C56H38N2/c1-3-14-39(15-4-1)40-28-33-45(34-29-40)57(46-35-30-43(31-36-46)50-25-11-19-41-18-7-8-23-49(41)50)47-21-13-22-48(38-47)58-53-27-10-9-24-52(53)56-54(58)37-32-44-20-12-26-51(55(44)56)42-16-5-2-6-17-42/h1-38H. The number of para-hydroxylation sites is 1. The molecule has 0 unspecified atom stereocenters. The van der Waals surface area contributed by atoms with Crippen LogP contribution >= 0.6 is 0 Å². The predicted molar refractivity (Wildman–Crippen MR) is 247 cm³/mol. The SMILES string of the molecule is c1ccc(-c2ccc(N(c3ccc(-c4cccc5ccccc45)cc3)c3cccc(-n4c5ccccc5c5c6c(-c7ccccc7)cccc6ccc54)c3)cc2)cc1. The van der Waals surface area contributed by atoms with Crippen LogP contribution in [0.15, 0.2) is 231 Å². The van der Waals surface area contributed by atoms with Crippen LogP contribution in [-0.4, -0.2) is 4.57 Å². The Hall–Kier alpha value is -7.68. The van der Waals surface area contributed by atoms with Crippen molar-refractivity contribution in [3.05, 3.63) is 231 Å². The monoisotopic (exact) mass is 738 g/mol. The largest absolute Gasteiger partial charge is 0.310 e. The maximum atomic E-state index is 2.44. The van der Waals surface area contributed by atoms with Gasteiger partial charge in [0.1, 0.15) is 0 Å². The van der Waals surface area contributed by atoms with E-state index < -0.39 is 0 Å². The minimum Gasteiger partial charge on any atom is -0.310 e. The highest BCUT2D eigenvalue weighted by Gasteiger charge is 2.19. The third-order valence-corrected chi connectivity index (χ3v) is 11.6. The molecule has 58 heavy (non-hydrogen) atoms. The van der Waals surface area contributed by atoms with Crippen LogP contribution in [0, 0.1) is 0 Å². The molecule has 0 aliphatic heterocycles. The second-order valence-corrected chi connectivity index (χ2v) is 14.9. The first-order valence-corrected chi connectivity index (χ1v) is 19.9. The van der Waals surface area contributed by atoms with Crippen LogP contribution in [0.5, 0.6) is 0 Å². The molecule has 0 spiro atoms. The Morgan fingerprint density at radius 1 is 0.293 bits per heavy atom. The first-order chi connectivity index (χ1) is 28.8. The molecule has 272 valence electrons. The van der Waals surface area contributed by atoms with Crippen LogP contribution in [0.1, 0.15) is 0 Å². The molecule has 1 aromatic heterocycles. The lowest BCUT2D eigenvalue weighted by Gasteiger charge is -2.27. The van der Waals surface area contributed by atoms with Crippen molar-refractivity contribution in [1.29, 1.82) is 0 Å². The van der Waals surface area contributed by atoms with Crippen LogP contribution in [0.4, 0.5) is 17.1 Å². The first-order valence-electron chi connectivity index (χ1n) is 19.9. The highest BCUT2D eigenvalue weighted by molar-refractivity contribution is 6.25. The van der Waals surface area contributed by atoms with E-state index in [1.165, 1.54) is 76.7 Å². The van der Waals surface area contributed by atoms with Gasteiger partial charge in [-0.25, -0.2) is 0 Å². The van der Waals surface area contributed by atoms with Crippen molar-refractivity contribution in [2.45, 2.75) is 0 Å². The highest BCUT2D eigenvalue weighted by Crippen LogP contribution is 2.43. The average Bonchev–Trinajstić information content (AvgIpc) is 3.65. The number of hydrogen-bond acceptors (Lipinski definition) is 1. The second-order valence-electron chi connectivity index (χ2n) is 14.9. The third kappa shape index (κ3) is 5.74. The fourth-order valence-corrected chi connectivity index (χ4v) is 8.89. The predicted octanol–water partition coefficient (Wildman–Crippen LogP) is 15.6. The van der Waals surface area contributed by atoms with Crippen molar-refractivity contribution in [3.63, 3.8) is 0 Å². The first kappa shape index (κ1) is 33.6. The van der Waals surface area contributed by atoms with Crippen molar-refractivity contribution in [1.82, 2.24) is 4.57 Å². The van der Waals surface area contributed by atoms with Crippen LogP contribution in [0.2, 0.25) is 0 Å². The van der Waals surface area contributed by atoms with Gasteiger partial charge in [-0.1, -0.05) is 176 Å². The van der Waals surface area contributed by atoms with Gasteiger partial charge in [-0.3, -0.25) is 0 Å². The van der Waals surface area contributed by atoms with Crippen LogP contribution in [0.3, 0.4) is 0 Å². The summed E-state index contributed by atoms with van der Waals surface area (Å²) < 4.78 is 2.44. The molecule has 11 rings (SSSR count). The summed E-state index contributed by atoms with van der Waals surface area (Å²) in [6.07, 6.45) is 0. The third-order valence-electron chi connectivity index (χ3n) is 11.6. The molecule has 2 heteroatoms. The van der Waals surface area contributed by atoms with Crippen LogP contribution < -0.4 is 4.90 Å². The van der Waals surface area contributed by atoms with E-state index in [0.717, 1.165) is 22.7 Å². The van der Waals surface area contributed by atoms with Crippen molar-refractivity contribution < 1.29 is 0 Å². The lowest BCUT2D eigenvalue weighted by atomic mass is 9.94. The van der Waals surface area contributed by atoms with E-state index >= 15 is 0 Å². The molecule has 11 aromatic rings. The number of nitrogens with zero attached hydrogens (tertiary/aromatic N) is 2. The summed E-state index contributed by atoms with van der Waals surface area (Å²) in [6, 6.07) is 83.6. The Kier molecular flexibility index (Phi) is 8.19. The van der Waals surface area contributed by atoms with Crippen molar-refractivity contribution in [3.8, 4) is 39.1 Å². The molecule has 0 amide bonds. The fraction of sp³-hybridized carbons (Fsp3) is 0. The molecule has 10 aromatic carbocycles. The van der Waals surface area contributed by atoms with Gasteiger partial charge in [-0.05, 0) is 110 Å². The molecule has 2 nitrogen and oxygen atoms in total. The van der Waals surface area contributed by atoms with Gasteiger partial charge in [0, 0.05) is 33.5 Å². The zero-order valence-corrected chi connectivity index (χ0v) is 31.8. The summed E-state index contributed by atoms with van der Waals surface area (Å²) in [7, 11) is 0. The van der Waals surface area contributed by atoms with E-state index in [1.54, 1.807) is 0 Å². The highest BCUT2D eigenvalue weighted by atomic mass is 15.1. The number of aromatic nitrogens is 1. The van der Waals surface area contributed by atoms with Crippen molar-refractivity contribution in [2.24, 2.45) is 0 Å². The molecule has 0 saturated carbocycles. The normalized spacial score (nSPS) is 11.4. The zero-order valence-electron chi connectivity index (χ0n) is 31.8. The zero-order chi connectivity index (χ0) is 38.4. The molecule has 0 aliphatic carbocycles. The second kappa shape index (κ2) is 14.1. The smallest absolute Gasteiger partial charge is 0.0547 e. The minimum atomic E-state index is 1.08. The lowest BCUT2D eigenvalue weighted by Crippen LogP contribution is -2.10. The van der Waals surface area contributed by atoms with Gasteiger partial charge in [0.05, 0.1) is 11.0 Å². The Morgan fingerprint density at radius 3 is 1.60 bits per heavy atom. The maximum absolute atomic E-state index is 2.44. The average molecular weight is 739 g/mol. The van der Waals surface area contributed by atoms with Crippen LogP contribution in [0.25, 0.3) is 82.4 Å². The van der Waals surface area contributed by atoms with E-state index in [9.17, 15) is 0 Å². The Labute approximate surface area is 338 Å². The summed E-state index contributed by atoms with van der Waals surface area (Å²) in [4.78, 5) is 2.38. The van der Waals surface area contributed by atoms with Crippen molar-refractivity contribution >= 4 is 60.4 Å². The number of anilines is 3. The molecule has 0 radical (unpaired) electrons.